The second-order valence-electron chi connectivity index (χ2n) is 6.90. The standard InChI is InChI=1S/C18H21ClN4.2ClH/c19-14-3-1-13(2-4-14)18(5-6-18)10-21-17-9-16(22-11-23-17)12-7-15(20)8-12;;/h1-4,9,11-12,15H,5-8,10,20H2,(H,21,22,23);2*1H. The van der Waals surface area contributed by atoms with Gasteiger partial charge in [0.05, 0.1) is 0 Å². The van der Waals surface area contributed by atoms with Gasteiger partial charge >= 0.3 is 0 Å². The molecule has 4 rings (SSSR count). The first-order valence-electron chi connectivity index (χ1n) is 8.22. The predicted octanol–water partition coefficient (Wildman–Crippen LogP) is 4.32. The molecule has 7 heteroatoms. The number of aromatic nitrogens is 2. The van der Waals surface area contributed by atoms with E-state index in [0.717, 1.165) is 35.9 Å². The number of halogens is 3. The number of nitrogens with one attached hydrogen (secondary N) is 1. The van der Waals surface area contributed by atoms with Gasteiger partial charge < -0.3 is 11.1 Å². The highest BCUT2D eigenvalue weighted by Crippen LogP contribution is 2.48. The van der Waals surface area contributed by atoms with Gasteiger partial charge in [-0.3, -0.25) is 0 Å². The van der Waals surface area contributed by atoms with Crippen molar-refractivity contribution in [2.45, 2.75) is 43.1 Å². The van der Waals surface area contributed by atoms with Crippen molar-refractivity contribution in [1.29, 1.82) is 0 Å². The van der Waals surface area contributed by atoms with Crippen molar-refractivity contribution in [3.05, 3.63) is 52.9 Å². The molecule has 2 aliphatic rings. The lowest BCUT2D eigenvalue weighted by atomic mass is 9.78. The van der Waals surface area contributed by atoms with Gasteiger partial charge in [-0.05, 0) is 43.4 Å². The van der Waals surface area contributed by atoms with E-state index in [0.29, 0.717) is 12.0 Å². The van der Waals surface area contributed by atoms with Crippen LogP contribution in [-0.2, 0) is 5.41 Å². The molecule has 1 aromatic heterocycles. The molecule has 0 radical (unpaired) electrons. The van der Waals surface area contributed by atoms with E-state index in [1.54, 1.807) is 6.33 Å². The first-order valence-corrected chi connectivity index (χ1v) is 8.60. The summed E-state index contributed by atoms with van der Waals surface area (Å²) in [5, 5.41) is 4.29. The fourth-order valence-electron chi connectivity index (χ4n) is 3.38. The summed E-state index contributed by atoms with van der Waals surface area (Å²) in [4.78, 5) is 8.77. The summed E-state index contributed by atoms with van der Waals surface area (Å²) < 4.78 is 0. The number of hydrogen-bond acceptors (Lipinski definition) is 4. The van der Waals surface area contributed by atoms with E-state index in [-0.39, 0.29) is 30.2 Å². The lowest BCUT2D eigenvalue weighted by Crippen LogP contribution is -2.35. The maximum Gasteiger partial charge on any atom is 0.129 e. The molecule has 136 valence electrons. The Morgan fingerprint density at radius 2 is 1.80 bits per heavy atom. The normalized spacial score (nSPS) is 22.8. The Bertz CT molecular complexity index is 698. The van der Waals surface area contributed by atoms with Gasteiger partial charge in [0.15, 0.2) is 0 Å². The number of hydrogen-bond donors (Lipinski definition) is 2. The minimum Gasteiger partial charge on any atom is -0.369 e. The lowest BCUT2D eigenvalue weighted by molar-refractivity contribution is 0.345. The quantitative estimate of drug-likeness (QED) is 0.783. The van der Waals surface area contributed by atoms with Crippen LogP contribution in [0.4, 0.5) is 5.82 Å². The highest BCUT2D eigenvalue weighted by molar-refractivity contribution is 6.30. The van der Waals surface area contributed by atoms with Crippen LogP contribution in [0.3, 0.4) is 0 Å². The smallest absolute Gasteiger partial charge is 0.129 e. The van der Waals surface area contributed by atoms with Crippen molar-refractivity contribution < 1.29 is 0 Å². The molecule has 2 fully saturated rings. The average Bonchev–Trinajstić information content (AvgIpc) is 3.32. The number of rotatable bonds is 5. The molecule has 2 aliphatic carbocycles. The Morgan fingerprint density at radius 1 is 1.12 bits per heavy atom. The maximum absolute atomic E-state index is 5.99. The van der Waals surface area contributed by atoms with Gasteiger partial charge in [-0.2, -0.15) is 0 Å². The molecule has 0 amide bonds. The summed E-state index contributed by atoms with van der Waals surface area (Å²) in [6.45, 7) is 0.898. The molecule has 4 nitrogen and oxygen atoms in total. The first kappa shape index (κ1) is 20.2. The molecule has 0 bridgehead atoms. The molecule has 0 spiro atoms. The van der Waals surface area contributed by atoms with Gasteiger partial charge in [0.2, 0.25) is 0 Å². The summed E-state index contributed by atoms with van der Waals surface area (Å²) in [5.41, 5.74) is 8.57. The molecule has 2 aromatic rings. The second kappa shape index (κ2) is 8.09. The van der Waals surface area contributed by atoms with Crippen molar-refractivity contribution in [2.75, 3.05) is 11.9 Å². The molecule has 2 saturated carbocycles. The van der Waals surface area contributed by atoms with E-state index in [2.05, 4.69) is 33.5 Å². The van der Waals surface area contributed by atoms with Crippen LogP contribution < -0.4 is 11.1 Å². The van der Waals surface area contributed by atoms with E-state index in [9.17, 15) is 0 Å². The zero-order chi connectivity index (χ0) is 15.9. The molecular weight excluding hydrogens is 379 g/mol. The monoisotopic (exact) mass is 400 g/mol. The van der Waals surface area contributed by atoms with E-state index in [1.165, 1.54) is 18.4 Å². The van der Waals surface area contributed by atoms with Gasteiger partial charge in [0.1, 0.15) is 12.1 Å². The Morgan fingerprint density at radius 3 is 2.40 bits per heavy atom. The summed E-state index contributed by atoms with van der Waals surface area (Å²) in [7, 11) is 0. The van der Waals surface area contributed by atoms with Crippen LogP contribution >= 0.6 is 36.4 Å². The Hall–Kier alpha value is -1.07. The molecule has 0 saturated heterocycles. The molecule has 1 heterocycles. The van der Waals surface area contributed by atoms with Crippen LogP contribution in [0.2, 0.25) is 5.02 Å². The van der Waals surface area contributed by atoms with Crippen LogP contribution in [0.25, 0.3) is 0 Å². The molecule has 0 atom stereocenters. The highest BCUT2D eigenvalue weighted by Gasteiger charge is 2.44. The minimum atomic E-state index is 0. The largest absolute Gasteiger partial charge is 0.369 e. The van der Waals surface area contributed by atoms with Crippen molar-refractivity contribution in [2.24, 2.45) is 5.73 Å². The summed E-state index contributed by atoms with van der Waals surface area (Å²) in [5.74, 6) is 1.41. The SMILES string of the molecule is Cl.Cl.NC1CC(c2cc(NCC3(c4ccc(Cl)cc4)CC3)ncn2)C1. The van der Waals surface area contributed by atoms with Crippen LogP contribution in [0.1, 0.15) is 42.9 Å². The summed E-state index contributed by atoms with van der Waals surface area (Å²) >= 11 is 5.99. The van der Waals surface area contributed by atoms with Crippen molar-refractivity contribution in [1.82, 2.24) is 9.97 Å². The van der Waals surface area contributed by atoms with Gasteiger partial charge in [-0.1, -0.05) is 23.7 Å². The van der Waals surface area contributed by atoms with Crippen LogP contribution in [0.15, 0.2) is 36.7 Å². The predicted molar refractivity (Wildman–Crippen MR) is 107 cm³/mol. The van der Waals surface area contributed by atoms with E-state index in [4.69, 9.17) is 17.3 Å². The van der Waals surface area contributed by atoms with Crippen molar-refractivity contribution >= 4 is 42.2 Å². The Labute approximate surface area is 165 Å². The van der Waals surface area contributed by atoms with Crippen LogP contribution in [0.5, 0.6) is 0 Å². The van der Waals surface area contributed by atoms with Crippen LogP contribution in [0, 0.1) is 0 Å². The third-order valence-electron chi connectivity index (χ3n) is 5.20. The maximum atomic E-state index is 5.99. The van der Waals surface area contributed by atoms with Crippen molar-refractivity contribution in [3.8, 4) is 0 Å². The fraction of sp³-hybridized carbons (Fsp3) is 0.444. The summed E-state index contributed by atoms with van der Waals surface area (Å²) in [6, 6.07) is 10.6. The Kier molecular flexibility index (Phi) is 6.55. The lowest BCUT2D eigenvalue weighted by Gasteiger charge is -2.31. The van der Waals surface area contributed by atoms with Gasteiger partial charge in [0.25, 0.3) is 0 Å². The fourth-order valence-corrected chi connectivity index (χ4v) is 3.50. The number of nitrogens with zero attached hydrogens (tertiary/aromatic N) is 2. The third-order valence-corrected chi connectivity index (χ3v) is 5.45. The molecule has 0 unspecified atom stereocenters. The second-order valence-corrected chi connectivity index (χ2v) is 7.33. The van der Waals surface area contributed by atoms with Gasteiger partial charge in [-0.25, -0.2) is 9.97 Å². The molecule has 3 N–H and O–H groups in total. The minimum absolute atomic E-state index is 0. The van der Waals surface area contributed by atoms with E-state index < -0.39 is 0 Å². The molecule has 25 heavy (non-hydrogen) atoms. The average molecular weight is 402 g/mol. The van der Waals surface area contributed by atoms with Gasteiger partial charge in [0, 0.05) is 40.7 Å². The third kappa shape index (κ3) is 4.37. The van der Waals surface area contributed by atoms with E-state index >= 15 is 0 Å². The molecule has 0 aliphatic heterocycles. The highest BCUT2D eigenvalue weighted by atomic mass is 35.5. The number of nitrogens with two attached hydrogens (primary N) is 1. The molecular formula is C18H23Cl3N4. The Balaban J connectivity index is 0.00000113. The number of benzene rings is 1. The number of anilines is 1. The first-order chi connectivity index (χ1) is 11.1. The van der Waals surface area contributed by atoms with E-state index in [1.807, 2.05) is 12.1 Å². The zero-order valence-electron chi connectivity index (χ0n) is 13.8. The van der Waals surface area contributed by atoms with Crippen molar-refractivity contribution in [3.63, 3.8) is 0 Å². The van der Waals surface area contributed by atoms with Crippen LogP contribution in [-0.4, -0.2) is 22.6 Å². The topological polar surface area (TPSA) is 63.8 Å². The zero-order valence-corrected chi connectivity index (χ0v) is 16.2. The molecule has 1 aromatic carbocycles. The summed E-state index contributed by atoms with van der Waals surface area (Å²) in [6.07, 6.45) is 6.13. The van der Waals surface area contributed by atoms with Gasteiger partial charge in [-0.15, -0.1) is 24.8 Å².